The van der Waals surface area contributed by atoms with Crippen molar-refractivity contribution >= 4 is 44.8 Å². The van der Waals surface area contributed by atoms with Crippen molar-refractivity contribution in [1.29, 1.82) is 0 Å². The van der Waals surface area contributed by atoms with Gasteiger partial charge in [-0.05, 0) is 56.7 Å². The Labute approximate surface area is 157 Å². The molecule has 0 spiro atoms. The number of hydrogen-bond acceptors (Lipinski definition) is 3. The van der Waals surface area contributed by atoms with Gasteiger partial charge in [-0.2, -0.15) is 0 Å². The molecule has 0 radical (unpaired) electrons. The Morgan fingerprint density at radius 2 is 1.76 bits per heavy atom. The van der Waals surface area contributed by atoms with Crippen molar-refractivity contribution in [2.24, 2.45) is 0 Å². The SMILES string of the molecule is Cc1ccc(Cl)cc1NC(=O)c1cc(S(=O)(=O)NC(C)C)ccc1Cl. The van der Waals surface area contributed by atoms with Crippen LogP contribution in [0.5, 0.6) is 0 Å². The molecule has 5 nitrogen and oxygen atoms in total. The highest BCUT2D eigenvalue weighted by Gasteiger charge is 2.20. The summed E-state index contributed by atoms with van der Waals surface area (Å²) in [7, 11) is -3.73. The van der Waals surface area contributed by atoms with Crippen LogP contribution in [0.15, 0.2) is 41.3 Å². The van der Waals surface area contributed by atoms with Crippen molar-refractivity contribution in [3.63, 3.8) is 0 Å². The Morgan fingerprint density at radius 1 is 1.08 bits per heavy atom. The Kier molecular flexibility index (Phi) is 6.11. The molecule has 0 fully saturated rings. The standard InChI is InChI=1S/C17H18Cl2N2O3S/c1-10(2)21-25(23,24)13-6-7-15(19)14(9-13)17(22)20-16-8-12(18)5-4-11(16)3/h4-10,21H,1-3H3,(H,20,22). The molecule has 0 saturated carbocycles. The topological polar surface area (TPSA) is 75.3 Å². The number of rotatable bonds is 5. The van der Waals surface area contributed by atoms with Crippen LogP contribution in [0.2, 0.25) is 10.0 Å². The van der Waals surface area contributed by atoms with Crippen LogP contribution in [0.25, 0.3) is 0 Å². The lowest BCUT2D eigenvalue weighted by atomic mass is 10.1. The van der Waals surface area contributed by atoms with E-state index in [0.717, 1.165) is 5.56 Å². The van der Waals surface area contributed by atoms with Crippen LogP contribution in [0.3, 0.4) is 0 Å². The summed E-state index contributed by atoms with van der Waals surface area (Å²) in [5.41, 5.74) is 1.41. The van der Waals surface area contributed by atoms with Crippen LogP contribution in [-0.2, 0) is 10.0 Å². The highest BCUT2D eigenvalue weighted by atomic mass is 35.5. The zero-order chi connectivity index (χ0) is 18.8. The minimum absolute atomic E-state index is 0.0291. The number of benzene rings is 2. The minimum Gasteiger partial charge on any atom is -0.322 e. The second-order valence-electron chi connectivity index (χ2n) is 5.83. The molecule has 134 valence electrons. The van der Waals surface area contributed by atoms with Crippen LogP contribution in [-0.4, -0.2) is 20.4 Å². The van der Waals surface area contributed by atoms with E-state index in [9.17, 15) is 13.2 Å². The predicted octanol–water partition coefficient (Wildman–Crippen LogP) is 4.24. The Hall–Kier alpha value is -1.60. The third-order valence-electron chi connectivity index (χ3n) is 3.33. The molecule has 0 bridgehead atoms. The lowest BCUT2D eigenvalue weighted by molar-refractivity contribution is 0.102. The fourth-order valence-corrected chi connectivity index (χ4v) is 3.79. The van der Waals surface area contributed by atoms with Gasteiger partial charge in [0.15, 0.2) is 0 Å². The third-order valence-corrected chi connectivity index (χ3v) is 5.55. The highest BCUT2D eigenvalue weighted by Crippen LogP contribution is 2.24. The van der Waals surface area contributed by atoms with Crippen molar-refractivity contribution in [3.8, 4) is 0 Å². The molecule has 0 aliphatic heterocycles. The van der Waals surface area contributed by atoms with Crippen molar-refractivity contribution in [3.05, 3.63) is 57.6 Å². The summed E-state index contributed by atoms with van der Waals surface area (Å²) in [5, 5.41) is 3.33. The van der Waals surface area contributed by atoms with Crippen molar-refractivity contribution in [1.82, 2.24) is 4.72 Å². The van der Waals surface area contributed by atoms with Crippen LogP contribution in [0, 0.1) is 6.92 Å². The Morgan fingerprint density at radius 3 is 2.40 bits per heavy atom. The average molecular weight is 401 g/mol. The van der Waals surface area contributed by atoms with Gasteiger partial charge in [0.2, 0.25) is 10.0 Å². The number of anilines is 1. The van der Waals surface area contributed by atoms with E-state index in [1.807, 2.05) is 6.92 Å². The number of carbonyl (C=O) groups excluding carboxylic acids is 1. The number of aryl methyl sites for hydroxylation is 1. The fourth-order valence-electron chi connectivity index (χ4n) is 2.14. The van der Waals surface area contributed by atoms with Gasteiger partial charge in [0, 0.05) is 16.8 Å². The first-order valence-electron chi connectivity index (χ1n) is 7.49. The maximum Gasteiger partial charge on any atom is 0.257 e. The van der Waals surface area contributed by atoms with Crippen molar-refractivity contribution < 1.29 is 13.2 Å². The van der Waals surface area contributed by atoms with E-state index in [0.29, 0.717) is 10.7 Å². The smallest absolute Gasteiger partial charge is 0.257 e. The molecule has 0 aromatic heterocycles. The summed E-state index contributed by atoms with van der Waals surface area (Å²) in [6, 6.07) is 8.82. The molecule has 0 heterocycles. The van der Waals surface area contributed by atoms with Gasteiger partial charge in [0.05, 0.1) is 15.5 Å². The normalized spacial score (nSPS) is 11.6. The van der Waals surface area contributed by atoms with Gasteiger partial charge in [0.25, 0.3) is 5.91 Å². The number of carbonyl (C=O) groups is 1. The molecule has 25 heavy (non-hydrogen) atoms. The first-order chi connectivity index (χ1) is 11.6. The lowest BCUT2D eigenvalue weighted by Gasteiger charge is -2.13. The summed E-state index contributed by atoms with van der Waals surface area (Å²) >= 11 is 12.0. The maximum absolute atomic E-state index is 12.5. The molecule has 0 aliphatic rings. The molecule has 2 rings (SSSR count). The molecular weight excluding hydrogens is 383 g/mol. The van der Waals surface area contributed by atoms with E-state index in [4.69, 9.17) is 23.2 Å². The molecule has 8 heteroatoms. The molecule has 0 unspecified atom stereocenters. The van der Waals surface area contributed by atoms with E-state index < -0.39 is 15.9 Å². The second kappa shape index (κ2) is 7.74. The zero-order valence-electron chi connectivity index (χ0n) is 13.9. The highest BCUT2D eigenvalue weighted by molar-refractivity contribution is 7.89. The summed E-state index contributed by atoms with van der Waals surface area (Å²) < 4.78 is 27.0. The van der Waals surface area contributed by atoms with Gasteiger partial charge >= 0.3 is 0 Å². The second-order valence-corrected chi connectivity index (χ2v) is 8.39. The summed E-state index contributed by atoms with van der Waals surface area (Å²) in [6.45, 7) is 5.24. The Balaban J connectivity index is 2.37. The van der Waals surface area contributed by atoms with Crippen molar-refractivity contribution in [2.45, 2.75) is 31.7 Å². The molecule has 0 aliphatic carbocycles. The average Bonchev–Trinajstić information content (AvgIpc) is 2.49. The largest absolute Gasteiger partial charge is 0.322 e. The predicted molar refractivity (Wildman–Crippen MR) is 101 cm³/mol. The van der Waals surface area contributed by atoms with E-state index in [-0.39, 0.29) is 21.5 Å². The maximum atomic E-state index is 12.5. The fraction of sp³-hybridized carbons (Fsp3) is 0.235. The molecular formula is C17H18Cl2N2O3S. The van der Waals surface area contributed by atoms with Gasteiger partial charge in [-0.25, -0.2) is 13.1 Å². The lowest BCUT2D eigenvalue weighted by Crippen LogP contribution is -2.30. The van der Waals surface area contributed by atoms with Crippen LogP contribution in [0.1, 0.15) is 29.8 Å². The first-order valence-corrected chi connectivity index (χ1v) is 9.73. The quantitative estimate of drug-likeness (QED) is 0.787. The molecule has 0 atom stereocenters. The summed E-state index contributed by atoms with van der Waals surface area (Å²) in [4.78, 5) is 12.5. The van der Waals surface area contributed by atoms with E-state index in [1.54, 1.807) is 32.0 Å². The molecule has 2 aromatic carbocycles. The number of nitrogens with one attached hydrogen (secondary N) is 2. The van der Waals surface area contributed by atoms with E-state index in [1.165, 1.54) is 18.2 Å². The van der Waals surface area contributed by atoms with Gasteiger partial charge in [0.1, 0.15) is 0 Å². The van der Waals surface area contributed by atoms with Crippen LogP contribution < -0.4 is 10.0 Å². The van der Waals surface area contributed by atoms with Gasteiger partial charge in [-0.15, -0.1) is 0 Å². The zero-order valence-corrected chi connectivity index (χ0v) is 16.3. The first kappa shape index (κ1) is 19.7. The van der Waals surface area contributed by atoms with Gasteiger partial charge < -0.3 is 5.32 Å². The van der Waals surface area contributed by atoms with Crippen molar-refractivity contribution in [2.75, 3.05) is 5.32 Å². The third kappa shape index (κ3) is 4.95. The number of hydrogen-bond donors (Lipinski definition) is 2. The molecule has 2 N–H and O–H groups in total. The molecule has 0 saturated heterocycles. The summed E-state index contributed by atoms with van der Waals surface area (Å²) in [6.07, 6.45) is 0. The van der Waals surface area contributed by atoms with Gasteiger partial charge in [-0.3, -0.25) is 4.79 Å². The van der Waals surface area contributed by atoms with Crippen LogP contribution >= 0.6 is 23.2 Å². The van der Waals surface area contributed by atoms with E-state index >= 15 is 0 Å². The number of sulfonamides is 1. The Bertz CT molecular complexity index is 912. The van der Waals surface area contributed by atoms with Crippen LogP contribution in [0.4, 0.5) is 5.69 Å². The molecule has 2 aromatic rings. The monoisotopic (exact) mass is 400 g/mol. The number of halogens is 2. The summed E-state index contributed by atoms with van der Waals surface area (Å²) in [5.74, 6) is -0.517. The van der Waals surface area contributed by atoms with E-state index in [2.05, 4.69) is 10.0 Å². The minimum atomic E-state index is -3.73. The van der Waals surface area contributed by atoms with Gasteiger partial charge in [-0.1, -0.05) is 29.3 Å². The molecule has 1 amide bonds. The number of amides is 1.